The van der Waals surface area contributed by atoms with Crippen molar-refractivity contribution in [3.8, 4) is 0 Å². The van der Waals surface area contributed by atoms with Gasteiger partial charge in [-0.3, -0.25) is 19.3 Å². The Morgan fingerprint density at radius 2 is 1.57 bits per heavy atom. The lowest BCUT2D eigenvalue weighted by molar-refractivity contribution is -0.165. The minimum absolute atomic E-state index is 0.0715. The molecule has 0 N–H and O–H groups in total. The summed E-state index contributed by atoms with van der Waals surface area (Å²) in [7, 11) is 1.47. The SMILES string of the molecule is CN1C(=O)C2(CN(C(=O)c3ccccc3)c3ccccc32)C1=O. The maximum Gasteiger partial charge on any atom is 0.258 e. The topological polar surface area (TPSA) is 57.7 Å². The standard InChI is InChI=1S/C18H14N2O3/c1-19-16(22)18(17(19)23)11-20(14-10-6-5-9-13(14)18)15(21)12-7-3-2-4-8-12/h2-10H,11H2,1H3. The van der Waals surface area contributed by atoms with Crippen molar-refractivity contribution in [1.29, 1.82) is 0 Å². The number of likely N-dealkylation sites (N-methyl/N-ethyl adjacent to an activating group) is 1. The lowest BCUT2D eigenvalue weighted by Crippen LogP contribution is -2.69. The second-order valence-corrected chi connectivity index (χ2v) is 5.85. The van der Waals surface area contributed by atoms with Crippen LogP contribution < -0.4 is 4.90 Å². The molecule has 1 fully saturated rings. The average Bonchev–Trinajstić information content (AvgIpc) is 2.98. The molecule has 2 aliphatic rings. The van der Waals surface area contributed by atoms with Gasteiger partial charge in [0, 0.05) is 23.9 Å². The third kappa shape index (κ3) is 1.59. The number of amides is 3. The van der Waals surface area contributed by atoms with Crippen molar-refractivity contribution in [3.05, 3.63) is 65.7 Å². The van der Waals surface area contributed by atoms with Gasteiger partial charge in [-0.25, -0.2) is 0 Å². The summed E-state index contributed by atoms with van der Waals surface area (Å²) >= 11 is 0. The predicted molar refractivity (Wildman–Crippen MR) is 84.0 cm³/mol. The van der Waals surface area contributed by atoms with Crippen LogP contribution in [-0.4, -0.2) is 36.2 Å². The molecule has 0 radical (unpaired) electrons. The molecule has 2 heterocycles. The van der Waals surface area contributed by atoms with Crippen molar-refractivity contribution in [3.63, 3.8) is 0 Å². The number of imide groups is 1. The number of para-hydroxylation sites is 1. The van der Waals surface area contributed by atoms with E-state index in [1.165, 1.54) is 11.9 Å². The third-order valence-electron chi connectivity index (χ3n) is 4.66. The Balaban J connectivity index is 1.82. The summed E-state index contributed by atoms with van der Waals surface area (Å²) in [4.78, 5) is 40.3. The van der Waals surface area contributed by atoms with Crippen LogP contribution in [0.4, 0.5) is 5.69 Å². The van der Waals surface area contributed by atoms with Gasteiger partial charge in [-0.2, -0.15) is 0 Å². The van der Waals surface area contributed by atoms with Crippen molar-refractivity contribution in [2.24, 2.45) is 0 Å². The largest absolute Gasteiger partial charge is 0.306 e. The van der Waals surface area contributed by atoms with Crippen LogP contribution in [0.15, 0.2) is 54.6 Å². The first-order valence-corrected chi connectivity index (χ1v) is 7.36. The van der Waals surface area contributed by atoms with Gasteiger partial charge in [0.1, 0.15) is 0 Å². The van der Waals surface area contributed by atoms with E-state index in [0.717, 1.165) is 4.90 Å². The summed E-state index contributed by atoms with van der Waals surface area (Å²) in [5.41, 5.74) is 0.566. The molecule has 5 nitrogen and oxygen atoms in total. The number of rotatable bonds is 1. The fraction of sp³-hybridized carbons (Fsp3) is 0.167. The van der Waals surface area contributed by atoms with Crippen LogP contribution in [0, 0.1) is 0 Å². The molecular formula is C18H14N2O3. The number of benzene rings is 2. The third-order valence-corrected chi connectivity index (χ3v) is 4.66. The van der Waals surface area contributed by atoms with Gasteiger partial charge in [-0.15, -0.1) is 0 Å². The van der Waals surface area contributed by atoms with Crippen LogP contribution in [0.2, 0.25) is 0 Å². The molecule has 2 aromatic carbocycles. The summed E-state index contributed by atoms with van der Waals surface area (Å²) in [5.74, 6) is -0.707. The van der Waals surface area contributed by atoms with Gasteiger partial charge in [0.15, 0.2) is 5.41 Å². The zero-order chi connectivity index (χ0) is 16.2. The first-order chi connectivity index (χ1) is 11.1. The summed E-state index contributed by atoms with van der Waals surface area (Å²) in [6.07, 6.45) is 0. The molecule has 0 atom stereocenters. The zero-order valence-electron chi connectivity index (χ0n) is 12.5. The van der Waals surface area contributed by atoms with Gasteiger partial charge < -0.3 is 4.90 Å². The predicted octanol–water partition coefficient (Wildman–Crippen LogP) is 1.58. The lowest BCUT2D eigenvalue weighted by Gasteiger charge is -2.42. The van der Waals surface area contributed by atoms with Gasteiger partial charge >= 0.3 is 0 Å². The van der Waals surface area contributed by atoms with Crippen molar-refractivity contribution in [2.75, 3.05) is 18.5 Å². The molecule has 0 unspecified atom stereocenters. The molecule has 0 aliphatic carbocycles. The van der Waals surface area contributed by atoms with Gasteiger partial charge in [-0.1, -0.05) is 36.4 Å². The Kier molecular flexibility index (Phi) is 2.69. The van der Waals surface area contributed by atoms with E-state index in [1.807, 2.05) is 6.07 Å². The Hall–Kier alpha value is -2.95. The van der Waals surface area contributed by atoms with Crippen LogP contribution in [0.5, 0.6) is 0 Å². The van der Waals surface area contributed by atoms with Gasteiger partial charge in [0.05, 0.1) is 6.54 Å². The summed E-state index contributed by atoms with van der Waals surface area (Å²) in [6, 6.07) is 16.0. The smallest absolute Gasteiger partial charge is 0.258 e. The molecule has 5 heteroatoms. The quantitative estimate of drug-likeness (QED) is 0.594. The number of anilines is 1. The van der Waals surface area contributed by atoms with Gasteiger partial charge in [-0.05, 0) is 18.2 Å². The van der Waals surface area contributed by atoms with Crippen molar-refractivity contribution >= 4 is 23.4 Å². The van der Waals surface area contributed by atoms with Crippen LogP contribution in [0.25, 0.3) is 0 Å². The number of fused-ring (bicyclic) bond motifs is 2. The van der Waals surface area contributed by atoms with Crippen LogP contribution in [0.1, 0.15) is 15.9 Å². The first kappa shape index (κ1) is 13.7. The average molecular weight is 306 g/mol. The van der Waals surface area contributed by atoms with E-state index in [2.05, 4.69) is 0 Å². The fourth-order valence-electron chi connectivity index (χ4n) is 3.46. The van der Waals surface area contributed by atoms with Crippen LogP contribution >= 0.6 is 0 Å². The molecule has 2 aliphatic heterocycles. The van der Waals surface area contributed by atoms with E-state index in [0.29, 0.717) is 16.8 Å². The summed E-state index contributed by atoms with van der Waals surface area (Å²) in [5, 5.41) is 0. The zero-order valence-corrected chi connectivity index (χ0v) is 12.5. The second kappa shape index (κ2) is 4.52. The highest BCUT2D eigenvalue weighted by molar-refractivity contribution is 6.29. The molecule has 0 bridgehead atoms. The second-order valence-electron chi connectivity index (χ2n) is 5.85. The number of nitrogens with zero attached hydrogens (tertiary/aromatic N) is 2. The number of likely N-dealkylation sites (tertiary alicyclic amines) is 1. The van der Waals surface area contributed by atoms with Crippen LogP contribution in [-0.2, 0) is 15.0 Å². The number of hydrogen-bond donors (Lipinski definition) is 0. The highest BCUT2D eigenvalue weighted by atomic mass is 16.2. The van der Waals surface area contributed by atoms with E-state index in [9.17, 15) is 14.4 Å². The summed E-state index contributed by atoms with van der Waals surface area (Å²) in [6.45, 7) is 0.0715. The van der Waals surface area contributed by atoms with E-state index < -0.39 is 5.41 Å². The Labute approximate surface area is 133 Å². The van der Waals surface area contributed by atoms with E-state index in [1.54, 1.807) is 48.5 Å². The molecule has 23 heavy (non-hydrogen) atoms. The minimum atomic E-state index is -1.23. The number of carbonyl (C=O) groups excluding carboxylic acids is 3. The molecule has 2 aromatic rings. The molecule has 4 rings (SSSR count). The lowest BCUT2D eigenvalue weighted by atomic mass is 9.73. The van der Waals surface area contributed by atoms with E-state index >= 15 is 0 Å². The normalized spacial score (nSPS) is 18.1. The highest BCUT2D eigenvalue weighted by Crippen LogP contribution is 2.47. The Morgan fingerprint density at radius 3 is 2.26 bits per heavy atom. The highest BCUT2D eigenvalue weighted by Gasteiger charge is 2.65. The Bertz CT molecular complexity index is 828. The molecule has 1 saturated heterocycles. The molecule has 0 aromatic heterocycles. The minimum Gasteiger partial charge on any atom is -0.306 e. The van der Waals surface area contributed by atoms with Gasteiger partial charge in [0.25, 0.3) is 17.7 Å². The molecule has 3 amide bonds. The maximum atomic E-state index is 12.8. The van der Waals surface area contributed by atoms with Crippen molar-refractivity contribution < 1.29 is 14.4 Å². The molecule has 1 spiro atoms. The maximum absolute atomic E-state index is 12.8. The van der Waals surface area contributed by atoms with Crippen LogP contribution in [0.3, 0.4) is 0 Å². The van der Waals surface area contributed by atoms with Gasteiger partial charge in [0.2, 0.25) is 0 Å². The Morgan fingerprint density at radius 1 is 0.957 bits per heavy atom. The molecule has 114 valence electrons. The molecular weight excluding hydrogens is 292 g/mol. The van der Waals surface area contributed by atoms with Crippen molar-refractivity contribution in [1.82, 2.24) is 4.90 Å². The number of hydrogen-bond acceptors (Lipinski definition) is 3. The fourth-order valence-corrected chi connectivity index (χ4v) is 3.46. The number of carbonyl (C=O) groups is 3. The molecule has 0 saturated carbocycles. The van der Waals surface area contributed by atoms with Crippen molar-refractivity contribution in [2.45, 2.75) is 5.41 Å². The number of β-lactam (4-membered cyclic amide) rings is 2. The van der Waals surface area contributed by atoms with E-state index in [-0.39, 0.29) is 24.3 Å². The van der Waals surface area contributed by atoms with E-state index in [4.69, 9.17) is 0 Å². The monoisotopic (exact) mass is 306 g/mol. The summed E-state index contributed by atoms with van der Waals surface area (Å²) < 4.78 is 0. The first-order valence-electron chi connectivity index (χ1n) is 7.36.